The van der Waals surface area contributed by atoms with Crippen molar-refractivity contribution in [1.82, 2.24) is 9.97 Å². The maximum Gasteiger partial charge on any atom is 0.260 e. The average Bonchev–Trinajstić information content (AvgIpc) is 3.36. The van der Waals surface area contributed by atoms with Crippen LogP contribution in [0.15, 0.2) is 59.4 Å². The Hall–Kier alpha value is -2.62. The van der Waals surface area contributed by atoms with Gasteiger partial charge in [0.1, 0.15) is 0 Å². The summed E-state index contributed by atoms with van der Waals surface area (Å²) in [4.78, 5) is 21.8. The molecule has 0 radical (unpaired) electrons. The standard InChI is InChI=1S/C19H19N3O/c1-22(13-19(11-12-19)14-7-3-2-4-8-14)18-20-16-10-6-5-9-15(16)17(23)21-18/h2-10H,11-13H2,1H3,(H,20,21,23). The van der Waals surface area contributed by atoms with Crippen molar-refractivity contribution in [2.75, 3.05) is 18.5 Å². The fourth-order valence-corrected chi connectivity index (χ4v) is 3.26. The first kappa shape index (κ1) is 14.0. The molecule has 1 saturated carbocycles. The van der Waals surface area contributed by atoms with E-state index in [1.54, 1.807) is 6.07 Å². The number of anilines is 1. The molecule has 0 unspecified atom stereocenters. The van der Waals surface area contributed by atoms with Crippen molar-refractivity contribution in [1.29, 1.82) is 0 Å². The molecule has 4 heteroatoms. The molecule has 2 aromatic carbocycles. The number of H-pyrrole nitrogens is 1. The molecule has 116 valence electrons. The number of nitrogens with zero attached hydrogens (tertiary/aromatic N) is 2. The molecular weight excluding hydrogens is 286 g/mol. The topological polar surface area (TPSA) is 49.0 Å². The van der Waals surface area contributed by atoms with Crippen molar-refractivity contribution in [3.8, 4) is 0 Å². The Bertz CT molecular complexity index is 897. The van der Waals surface area contributed by atoms with Crippen LogP contribution in [0.25, 0.3) is 10.9 Å². The maximum absolute atomic E-state index is 12.2. The Labute approximate surface area is 134 Å². The van der Waals surface area contributed by atoms with E-state index < -0.39 is 0 Å². The summed E-state index contributed by atoms with van der Waals surface area (Å²) in [6.07, 6.45) is 2.36. The molecule has 0 bridgehead atoms. The van der Waals surface area contributed by atoms with Gasteiger partial charge in [0.15, 0.2) is 0 Å². The number of aromatic amines is 1. The highest BCUT2D eigenvalue weighted by atomic mass is 16.1. The Balaban J connectivity index is 1.65. The van der Waals surface area contributed by atoms with E-state index in [-0.39, 0.29) is 11.0 Å². The van der Waals surface area contributed by atoms with Gasteiger partial charge in [-0.1, -0.05) is 42.5 Å². The predicted octanol–water partition coefficient (Wildman–Crippen LogP) is 3.09. The van der Waals surface area contributed by atoms with Crippen LogP contribution in [0, 0.1) is 0 Å². The molecule has 0 spiro atoms. The normalized spacial score (nSPS) is 15.5. The van der Waals surface area contributed by atoms with Gasteiger partial charge >= 0.3 is 0 Å². The minimum absolute atomic E-state index is 0.0815. The van der Waals surface area contributed by atoms with Gasteiger partial charge in [0.05, 0.1) is 10.9 Å². The minimum Gasteiger partial charge on any atom is -0.344 e. The van der Waals surface area contributed by atoms with Crippen LogP contribution < -0.4 is 10.5 Å². The van der Waals surface area contributed by atoms with Gasteiger partial charge in [-0.05, 0) is 30.5 Å². The Morgan fingerprint density at radius 3 is 2.52 bits per heavy atom. The van der Waals surface area contributed by atoms with Gasteiger partial charge in [-0.3, -0.25) is 9.78 Å². The smallest absolute Gasteiger partial charge is 0.260 e. The number of hydrogen-bond acceptors (Lipinski definition) is 3. The lowest BCUT2D eigenvalue weighted by Gasteiger charge is -2.24. The van der Waals surface area contributed by atoms with Crippen LogP contribution >= 0.6 is 0 Å². The van der Waals surface area contributed by atoms with E-state index in [1.807, 2.05) is 31.3 Å². The molecular formula is C19H19N3O. The van der Waals surface area contributed by atoms with Gasteiger partial charge in [-0.25, -0.2) is 4.98 Å². The summed E-state index contributed by atoms with van der Waals surface area (Å²) < 4.78 is 0. The second kappa shape index (κ2) is 5.23. The highest BCUT2D eigenvalue weighted by molar-refractivity contribution is 5.78. The number of likely N-dealkylation sites (N-methyl/N-ethyl adjacent to an activating group) is 1. The fraction of sp³-hybridized carbons (Fsp3) is 0.263. The molecule has 1 N–H and O–H groups in total. The summed E-state index contributed by atoms with van der Waals surface area (Å²) in [5.41, 5.74) is 2.22. The summed E-state index contributed by atoms with van der Waals surface area (Å²) in [6.45, 7) is 0.859. The second-order valence-electron chi connectivity index (χ2n) is 6.41. The number of para-hydroxylation sites is 1. The van der Waals surface area contributed by atoms with E-state index in [1.165, 1.54) is 18.4 Å². The quantitative estimate of drug-likeness (QED) is 0.806. The highest BCUT2D eigenvalue weighted by Crippen LogP contribution is 2.48. The number of fused-ring (bicyclic) bond motifs is 1. The molecule has 1 fully saturated rings. The molecule has 4 rings (SSSR count). The molecule has 3 aromatic rings. The van der Waals surface area contributed by atoms with Crippen LogP contribution in [0.2, 0.25) is 0 Å². The van der Waals surface area contributed by atoms with E-state index in [0.29, 0.717) is 11.3 Å². The average molecular weight is 305 g/mol. The van der Waals surface area contributed by atoms with Crippen molar-refractivity contribution in [2.24, 2.45) is 0 Å². The molecule has 1 aliphatic rings. The van der Waals surface area contributed by atoms with Crippen molar-refractivity contribution in [2.45, 2.75) is 18.3 Å². The molecule has 1 aromatic heterocycles. The third kappa shape index (κ3) is 2.50. The third-order valence-electron chi connectivity index (χ3n) is 4.74. The molecule has 1 heterocycles. The minimum atomic E-state index is -0.0815. The lowest BCUT2D eigenvalue weighted by molar-refractivity contribution is 0.663. The number of nitrogens with one attached hydrogen (secondary N) is 1. The van der Waals surface area contributed by atoms with Gasteiger partial charge in [0.2, 0.25) is 5.95 Å². The second-order valence-corrected chi connectivity index (χ2v) is 6.41. The van der Waals surface area contributed by atoms with E-state index in [0.717, 1.165) is 12.1 Å². The Morgan fingerprint density at radius 1 is 1.09 bits per heavy atom. The van der Waals surface area contributed by atoms with E-state index >= 15 is 0 Å². The summed E-state index contributed by atoms with van der Waals surface area (Å²) >= 11 is 0. The number of rotatable bonds is 4. The van der Waals surface area contributed by atoms with Gasteiger partial charge in [0.25, 0.3) is 5.56 Å². The zero-order valence-corrected chi connectivity index (χ0v) is 13.1. The number of hydrogen-bond donors (Lipinski definition) is 1. The number of benzene rings is 2. The first-order valence-electron chi connectivity index (χ1n) is 7.94. The van der Waals surface area contributed by atoms with Crippen molar-refractivity contribution in [3.05, 3.63) is 70.5 Å². The first-order valence-corrected chi connectivity index (χ1v) is 7.94. The molecule has 0 saturated heterocycles. The zero-order valence-electron chi connectivity index (χ0n) is 13.1. The predicted molar refractivity (Wildman–Crippen MR) is 93.0 cm³/mol. The third-order valence-corrected chi connectivity index (χ3v) is 4.74. The van der Waals surface area contributed by atoms with Crippen LogP contribution in [0.4, 0.5) is 5.95 Å². The molecule has 4 nitrogen and oxygen atoms in total. The van der Waals surface area contributed by atoms with Gasteiger partial charge < -0.3 is 4.90 Å². The van der Waals surface area contributed by atoms with Crippen molar-refractivity contribution >= 4 is 16.9 Å². The lowest BCUT2D eigenvalue weighted by atomic mass is 9.95. The summed E-state index contributed by atoms with van der Waals surface area (Å²) in [6, 6.07) is 18.1. The van der Waals surface area contributed by atoms with E-state index in [4.69, 9.17) is 0 Å². The zero-order chi connectivity index (χ0) is 15.9. The molecule has 0 atom stereocenters. The van der Waals surface area contributed by atoms with Crippen LogP contribution in [-0.2, 0) is 5.41 Å². The van der Waals surface area contributed by atoms with Gasteiger partial charge in [0, 0.05) is 19.0 Å². The summed E-state index contributed by atoms with van der Waals surface area (Å²) in [5.74, 6) is 0.635. The molecule has 0 aliphatic heterocycles. The maximum atomic E-state index is 12.2. The lowest BCUT2D eigenvalue weighted by Crippen LogP contribution is -2.31. The Kier molecular flexibility index (Phi) is 3.18. The van der Waals surface area contributed by atoms with Crippen LogP contribution in [0.1, 0.15) is 18.4 Å². The van der Waals surface area contributed by atoms with Crippen molar-refractivity contribution in [3.63, 3.8) is 0 Å². The molecule has 0 amide bonds. The van der Waals surface area contributed by atoms with Gasteiger partial charge in [-0.2, -0.15) is 0 Å². The SMILES string of the molecule is CN(CC1(c2ccccc2)CC1)c1nc2ccccc2c(=O)[nH]1. The fourth-order valence-electron chi connectivity index (χ4n) is 3.26. The largest absolute Gasteiger partial charge is 0.344 e. The first-order chi connectivity index (χ1) is 11.2. The van der Waals surface area contributed by atoms with Crippen LogP contribution in [0.5, 0.6) is 0 Å². The van der Waals surface area contributed by atoms with Gasteiger partial charge in [-0.15, -0.1) is 0 Å². The van der Waals surface area contributed by atoms with Crippen molar-refractivity contribution < 1.29 is 0 Å². The summed E-state index contributed by atoms with van der Waals surface area (Å²) in [5, 5.41) is 0.633. The summed E-state index contributed by atoms with van der Waals surface area (Å²) in [7, 11) is 2.00. The number of aromatic nitrogens is 2. The molecule has 23 heavy (non-hydrogen) atoms. The highest BCUT2D eigenvalue weighted by Gasteiger charge is 2.45. The monoisotopic (exact) mass is 305 g/mol. The Morgan fingerprint density at radius 2 is 1.78 bits per heavy atom. The van der Waals surface area contributed by atoms with E-state index in [9.17, 15) is 4.79 Å². The van der Waals surface area contributed by atoms with Crippen LogP contribution in [-0.4, -0.2) is 23.6 Å². The molecule has 1 aliphatic carbocycles. The van der Waals surface area contributed by atoms with Crippen LogP contribution in [0.3, 0.4) is 0 Å². The van der Waals surface area contributed by atoms with E-state index in [2.05, 4.69) is 39.1 Å².